The van der Waals surface area contributed by atoms with E-state index < -0.39 is 5.66 Å². The van der Waals surface area contributed by atoms with E-state index in [0.29, 0.717) is 11.1 Å². The predicted molar refractivity (Wildman–Crippen MR) is 69.4 cm³/mol. The van der Waals surface area contributed by atoms with Gasteiger partial charge in [0.1, 0.15) is 5.66 Å². The lowest BCUT2D eigenvalue weighted by Gasteiger charge is -2.24. The quantitative estimate of drug-likeness (QED) is 0.180. The summed E-state index contributed by atoms with van der Waals surface area (Å²) in [6.45, 7) is 0. The first-order valence-corrected chi connectivity index (χ1v) is 4.81. The van der Waals surface area contributed by atoms with Crippen LogP contribution in [0.4, 0.5) is 22.7 Å². The van der Waals surface area contributed by atoms with Crippen molar-refractivity contribution in [1.29, 1.82) is 0 Å². The summed E-state index contributed by atoms with van der Waals surface area (Å²) in [5.41, 5.74) is 46.6. The molecule has 1 aliphatic rings. The molecule has 17 heavy (non-hydrogen) atoms. The molecule has 92 valence electrons. The molecule has 0 amide bonds. The molecule has 1 aliphatic carbocycles. The van der Waals surface area contributed by atoms with Crippen molar-refractivity contribution in [2.75, 3.05) is 22.9 Å². The molecule has 0 bridgehead atoms. The molecule has 1 aromatic rings. The zero-order valence-electron chi connectivity index (χ0n) is 9.12. The molecule has 0 atom stereocenters. The van der Waals surface area contributed by atoms with Crippen molar-refractivity contribution >= 4 is 28.4 Å². The fourth-order valence-corrected chi connectivity index (χ4v) is 2.03. The predicted octanol–water partition coefficient (Wildman–Crippen LogP) is -2.31. The van der Waals surface area contributed by atoms with E-state index in [0.717, 1.165) is 0 Å². The smallest absolute Gasteiger partial charge is 0.136 e. The molecule has 0 aliphatic heterocycles. The highest BCUT2D eigenvalue weighted by molar-refractivity contribution is 6.00. The highest BCUT2D eigenvalue weighted by atomic mass is 15.0. The van der Waals surface area contributed by atoms with E-state index in [-0.39, 0.29) is 34.1 Å². The number of nitrogen functional groups attached to an aromatic ring is 4. The molecule has 2 rings (SSSR count). The first kappa shape index (κ1) is 11.2. The third-order valence-corrected chi connectivity index (χ3v) is 3.08. The van der Waals surface area contributed by atoms with Crippen molar-refractivity contribution in [3.63, 3.8) is 0 Å². The summed E-state index contributed by atoms with van der Waals surface area (Å²) in [7, 11) is 0. The fraction of sp³-hybridized carbons (Fsp3) is 0.111. The van der Waals surface area contributed by atoms with Crippen molar-refractivity contribution in [2.45, 2.75) is 5.66 Å². The van der Waals surface area contributed by atoms with Gasteiger partial charge in [0.15, 0.2) is 0 Å². The van der Waals surface area contributed by atoms with E-state index in [9.17, 15) is 0 Å². The third kappa shape index (κ3) is 1.07. The normalized spacial score (nSPS) is 17.3. The van der Waals surface area contributed by atoms with E-state index in [1.54, 1.807) is 0 Å². The lowest BCUT2D eigenvalue weighted by atomic mass is 9.95. The van der Waals surface area contributed by atoms with Crippen LogP contribution in [0.5, 0.6) is 0 Å². The Labute approximate surface area is 97.5 Å². The second kappa shape index (κ2) is 2.87. The Hall–Kier alpha value is -2.32. The summed E-state index contributed by atoms with van der Waals surface area (Å²) in [6.07, 6.45) is 0. The molecule has 8 nitrogen and oxygen atoms in total. The Kier molecular flexibility index (Phi) is 1.89. The van der Waals surface area contributed by atoms with E-state index in [4.69, 9.17) is 45.9 Å². The average molecular weight is 236 g/mol. The summed E-state index contributed by atoms with van der Waals surface area (Å²) in [5.74, 6) is 0. The molecule has 0 saturated carbocycles. The molecule has 0 unspecified atom stereocenters. The van der Waals surface area contributed by atoms with Gasteiger partial charge in [-0.15, -0.1) is 0 Å². The molecular formula is C9H16N8. The largest absolute Gasteiger partial charge is 0.397 e. The zero-order valence-corrected chi connectivity index (χ0v) is 9.12. The van der Waals surface area contributed by atoms with Gasteiger partial charge in [0, 0.05) is 11.1 Å². The number of hydrogen-bond donors (Lipinski definition) is 8. The van der Waals surface area contributed by atoms with E-state index >= 15 is 0 Å². The van der Waals surface area contributed by atoms with Crippen LogP contribution in [0.2, 0.25) is 0 Å². The molecule has 0 heterocycles. The van der Waals surface area contributed by atoms with Crippen molar-refractivity contribution in [1.82, 2.24) is 0 Å². The Balaban J connectivity index is 2.96. The maximum atomic E-state index is 5.90. The zero-order chi connectivity index (χ0) is 13.1. The van der Waals surface area contributed by atoms with E-state index in [1.807, 2.05) is 0 Å². The Bertz CT molecular complexity index is 557. The fourth-order valence-electron chi connectivity index (χ4n) is 2.03. The molecule has 0 fully saturated rings. The van der Waals surface area contributed by atoms with Gasteiger partial charge in [0.05, 0.1) is 34.1 Å². The van der Waals surface area contributed by atoms with Gasteiger partial charge in [0.25, 0.3) is 0 Å². The molecule has 0 saturated heterocycles. The lowest BCUT2D eigenvalue weighted by Crippen LogP contribution is -2.49. The van der Waals surface area contributed by atoms with Crippen molar-refractivity contribution in [2.24, 2.45) is 22.9 Å². The second-order valence-electron chi connectivity index (χ2n) is 4.10. The summed E-state index contributed by atoms with van der Waals surface area (Å²) >= 11 is 0. The van der Waals surface area contributed by atoms with Crippen LogP contribution in [0.1, 0.15) is 11.1 Å². The summed E-state index contributed by atoms with van der Waals surface area (Å²) in [4.78, 5) is 0. The summed E-state index contributed by atoms with van der Waals surface area (Å²) < 4.78 is 0. The summed E-state index contributed by atoms with van der Waals surface area (Å²) in [6, 6.07) is 0. The number of rotatable bonds is 0. The van der Waals surface area contributed by atoms with Crippen LogP contribution in [0, 0.1) is 0 Å². The standard InChI is InChI=1S/C9H16N8/c10-3-1-2(5(12)7(14)6(3)13)9(16,17)8(15)4(1)11/h10-17H2. The molecule has 0 radical (unpaired) electrons. The highest BCUT2D eigenvalue weighted by Crippen LogP contribution is 2.47. The van der Waals surface area contributed by atoms with E-state index in [2.05, 4.69) is 0 Å². The minimum atomic E-state index is -1.49. The second-order valence-corrected chi connectivity index (χ2v) is 4.10. The van der Waals surface area contributed by atoms with Gasteiger partial charge in [-0.1, -0.05) is 0 Å². The maximum absolute atomic E-state index is 5.90. The maximum Gasteiger partial charge on any atom is 0.136 e. The number of nitrogens with two attached hydrogens (primary N) is 8. The third-order valence-electron chi connectivity index (χ3n) is 3.08. The van der Waals surface area contributed by atoms with Gasteiger partial charge in [0.2, 0.25) is 0 Å². The molecule has 0 spiro atoms. The Morgan fingerprint density at radius 3 is 1.65 bits per heavy atom. The number of benzene rings is 1. The van der Waals surface area contributed by atoms with Gasteiger partial charge in [-0.25, -0.2) is 0 Å². The number of fused-ring (bicyclic) bond motifs is 1. The van der Waals surface area contributed by atoms with Crippen molar-refractivity contribution in [3.8, 4) is 0 Å². The molecule has 1 aromatic carbocycles. The summed E-state index contributed by atoms with van der Waals surface area (Å²) in [5, 5.41) is 0. The first-order chi connectivity index (χ1) is 7.71. The van der Waals surface area contributed by atoms with Crippen molar-refractivity contribution < 1.29 is 0 Å². The minimum Gasteiger partial charge on any atom is -0.397 e. The average Bonchev–Trinajstić information content (AvgIpc) is 2.44. The van der Waals surface area contributed by atoms with Gasteiger partial charge in [-0.2, -0.15) is 0 Å². The topological polar surface area (TPSA) is 208 Å². The Morgan fingerprint density at radius 1 is 0.647 bits per heavy atom. The van der Waals surface area contributed by atoms with Crippen molar-refractivity contribution in [3.05, 3.63) is 16.8 Å². The van der Waals surface area contributed by atoms with Gasteiger partial charge in [-0.3, -0.25) is 0 Å². The first-order valence-electron chi connectivity index (χ1n) is 4.81. The number of anilines is 4. The molecule has 8 heteroatoms. The van der Waals surface area contributed by atoms with Crippen LogP contribution < -0.4 is 45.9 Å². The van der Waals surface area contributed by atoms with Crippen LogP contribution in [-0.2, 0) is 5.66 Å². The van der Waals surface area contributed by atoms with Crippen LogP contribution in [0.3, 0.4) is 0 Å². The lowest BCUT2D eigenvalue weighted by molar-refractivity contribution is 0.561. The van der Waals surface area contributed by atoms with Gasteiger partial charge in [-0.05, 0) is 0 Å². The SMILES string of the molecule is NC1=C(N)C(N)(N)c2c(N)c(N)c(N)c(N)c21. The minimum absolute atomic E-state index is 0.0934. The Morgan fingerprint density at radius 2 is 1.12 bits per heavy atom. The van der Waals surface area contributed by atoms with Gasteiger partial charge < -0.3 is 45.9 Å². The molecule has 16 N–H and O–H groups in total. The molecular weight excluding hydrogens is 220 g/mol. The van der Waals surface area contributed by atoms with E-state index in [1.165, 1.54) is 0 Å². The van der Waals surface area contributed by atoms with Crippen LogP contribution in [-0.4, -0.2) is 0 Å². The molecule has 0 aromatic heterocycles. The van der Waals surface area contributed by atoms with Crippen LogP contribution in [0.25, 0.3) is 5.70 Å². The highest BCUT2D eigenvalue weighted by Gasteiger charge is 2.41. The number of hydrogen-bond acceptors (Lipinski definition) is 8. The monoisotopic (exact) mass is 236 g/mol. The van der Waals surface area contributed by atoms with Crippen LogP contribution in [0.15, 0.2) is 5.70 Å². The van der Waals surface area contributed by atoms with Crippen LogP contribution >= 0.6 is 0 Å². The van der Waals surface area contributed by atoms with Gasteiger partial charge >= 0.3 is 0 Å².